The van der Waals surface area contributed by atoms with Crippen molar-refractivity contribution in [2.75, 3.05) is 6.54 Å². The zero-order valence-electron chi connectivity index (χ0n) is 12.5. The lowest BCUT2D eigenvalue weighted by Gasteiger charge is -2.22. The second-order valence-electron chi connectivity index (χ2n) is 5.35. The monoisotopic (exact) mass is 319 g/mol. The van der Waals surface area contributed by atoms with Crippen molar-refractivity contribution < 1.29 is 14.3 Å². The zero-order valence-corrected chi connectivity index (χ0v) is 13.3. The molecule has 5 heteroatoms. The molecule has 0 bridgehead atoms. The van der Waals surface area contributed by atoms with Crippen LogP contribution in [0.3, 0.4) is 0 Å². The highest BCUT2D eigenvalue weighted by atomic mass is 32.1. The van der Waals surface area contributed by atoms with Crippen LogP contribution >= 0.6 is 11.3 Å². The van der Waals surface area contributed by atoms with Gasteiger partial charge in [-0.05, 0) is 60.0 Å². The van der Waals surface area contributed by atoms with Crippen LogP contribution in [-0.4, -0.2) is 17.6 Å². The summed E-state index contributed by atoms with van der Waals surface area (Å²) in [7, 11) is 0. The van der Waals surface area contributed by atoms with E-state index in [1.54, 1.807) is 32.1 Å². The molecule has 0 aliphatic carbocycles. The largest absolute Gasteiger partial charge is 0.384 e. The van der Waals surface area contributed by atoms with Crippen molar-refractivity contribution in [2.24, 2.45) is 0 Å². The molecule has 116 valence electrons. The smallest absolute Gasteiger partial charge is 0.247 e. The number of halogens is 1. The van der Waals surface area contributed by atoms with Crippen LogP contribution in [0.2, 0.25) is 0 Å². The Bertz CT molecular complexity index is 660. The first kappa shape index (κ1) is 16.4. The molecule has 0 spiro atoms. The van der Waals surface area contributed by atoms with Gasteiger partial charge >= 0.3 is 0 Å². The highest BCUT2D eigenvalue weighted by molar-refractivity contribution is 7.08. The van der Waals surface area contributed by atoms with Gasteiger partial charge in [0.2, 0.25) is 5.91 Å². The van der Waals surface area contributed by atoms with Crippen LogP contribution < -0.4 is 5.32 Å². The Balaban J connectivity index is 1.98. The number of thiophene rings is 1. The van der Waals surface area contributed by atoms with Gasteiger partial charge in [-0.2, -0.15) is 11.3 Å². The van der Waals surface area contributed by atoms with Crippen molar-refractivity contribution in [1.29, 1.82) is 0 Å². The molecular weight excluding hydrogens is 301 g/mol. The van der Waals surface area contributed by atoms with Crippen molar-refractivity contribution in [3.8, 4) is 0 Å². The fourth-order valence-electron chi connectivity index (χ4n) is 1.94. The van der Waals surface area contributed by atoms with Gasteiger partial charge in [-0.1, -0.05) is 12.1 Å². The van der Waals surface area contributed by atoms with Gasteiger partial charge in [0.25, 0.3) is 0 Å². The number of hydrogen-bond acceptors (Lipinski definition) is 3. The summed E-state index contributed by atoms with van der Waals surface area (Å²) in [6.07, 6.45) is 1.67. The summed E-state index contributed by atoms with van der Waals surface area (Å²) in [5, 5.41) is 16.8. The lowest BCUT2D eigenvalue weighted by Crippen LogP contribution is -2.38. The summed E-state index contributed by atoms with van der Waals surface area (Å²) in [4.78, 5) is 12.1. The molecule has 1 aromatic carbocycles. The third kappa shape index (κ3) is 4.26. The van der Waals surface area contributed by atoms with Gasteiger partial charge in [0.1, 0.15) is 11.4 Å². The van der Waals surface area contributed by atoms with E-state index in [2.05, 4.69) is 5.32 Å². The van der Waals surface area contributed by atoms with Crippen molar-refractivity contribution in [2.45, 2.75) is 19.4 Å². The molecule has 2 N–H and O–H groups in total. The normalized spacial score (nSPS) is 14.5. The summed E-state index contributed by atoms with van der Waals surface area (Å²) in [6.45, 7) is 3.46. The number of carbonyl (C=O) groups is 1. The average molecular weight is 319 g/mol. The van der Waals surface area contributed by atoms with E-state index in [0.29, 0.717) is 5.57 Å². The fraction of sp³-hybridized carbons (Fsp3) is 0.235. The van der Waals surface area contributed by atoms with Gasteiger partial charge in [0, 0.05) is 5.57 Å². The van der Waals surface area contributed by atoms with E-state index in [-0.39, 0.29) is 18.3 Å². The van der Waals surface area contributed by atoms with Crippen LogP contribution in [0.15, 0.2) is 46.7 Å². The van der Waals surface area contributed by atoms with Gasteiger partial charge in [-0.25, -0.2) is 4.39 Å². The second-order valence-corrected chi connectivity index (χ2v) is 6.13. The molecule has 1 amide bonds. The number of rotatable bonds is 5. The molecule has 0 aliphatic heterocycles. The van der Waals surface area contributed by atoms with Crippen LogP contribution in [-0.2, 0) is 10.4 Å². The summed E-state index contributed by atoms with van der Waals surface area (Å²) in [5.41, 5.74) is 0.913. The van der Waals surface area contributed by atoms with Crippen LogP contribution in [0.5, 0.6) is 0 Å². The molecule has 1 aromatic heterocycles. The lowest BCUT2D eigenvalue weighted by molar-refractivity contribution is -0.118. The zero-order chi connectivity index (χ0) is 16.2. The van der Waals surface area contributed by atoms with Crippen molar-refractivity contribution in [3.63, 3.8) is 0 Å². The third-order valence-electron chi connectivity index (χ3n) is 3.35. The fourth-order valence-corrected chi connectivity index (χ4v) is 2.72. The van der Waals surface area contributed by atoms with Crippen LogP contribution in [0, 0.1) is 5.82 Å². The molecule has 1 heterocycles. The van der Waals surface area contributed by atoms with E-state index >= 15 is 0 Å². The van der Waals surface area contributed by atoms with Gasteiger partial charge in [-0.15, -0.1) is 0 Å². The SMILES string of the molecule is CC(=Cc1ccc(F)cc1)C(=O)NCC(C)(O)c1ccsc1. The second kappa shape index (κ2) is 6.85. The van der Waals surface area contributed by atoms with Gasteiger partial charge in [-0.3, -0.25) is 4.79 Å². The predicted molar refractivity (Wildman–Crippen MR) is 87.0 cm³/mol. The number of amides is 1. The maximum Gasteiger partial charge on any atom is 0.247 e. The summed E-state index contributed by atoms with van der Waals surface area (Å²) < 4.78 is 12.8. The Kier molecular flexibility index (Phi) is 5.11. The first-order valence-corrected chi connectivity index (χ1v) is 7.80. The minimum absolute atomic E-state index is 0.122. The quantitative estimate of drug-likeness (QED) is 0.831. The summed E-state index contributed by atoms with van der Waals surface area (Å²) >= 11 is 1.50. The lowest BCUT2D eigenvalue weighted by atomic mass is 9.99. The van der Waals surface area contributed by atoms with E-state index in [9.17, 15) is 14.3 Å². The van der Waals surface area contributed by atoms with Crippen LogP contribution in [0.1, 0.15) is 25.0 Å². The minimum Gasteiger partial charge on any atom is -0.384 e. The Morgan fingerprint density at radius 1 is 1.36 bits per heavy atom. The van der Waals surface area contributed by atoms with Crippen molar-refractivity contribution >= 4 is 23.3 Å². The average Bonchev–Trinajstić information content (AvgIpc) is 3.02. The van der Waals surface area contributed by atoms with E-state index in [1.165, 1.54) is 23.5 Å². The molecule has 0 aliphatic rings. The molecule has 2 rings (SSSR count). The number of hydrogen-bond donors (Lipinski definition) is 2. The summed E-state index contributed by atoms with van der Waals surface area (Å²) in [6, 6.07) is 7.73. The Morgan fingerprint density at radius 3 is 2.64 bits per heavy atom. The molecule has 0 radical (unpaired) electrons. The molecule has 2 aromatic rings. The number of nitrogens with one attached hydrogen (secondary N) is 1. The molecule has 22 heavy (non-hydrogen) atoms. The maximum absolute atomic E-state index is 12.8. The Hall–Kier alpha value is -1.98. The minimum atomic E-state index is -1.11. The molecule has 0 saturated heterocycles. The number of carbonyl (C=O) groups excluding carboxylic acids is 1. The van der Waals surface area contributed by atoms with Gasteiger partial charge in [0.15, 0.2) is 0 Å². The molecule has 0 saturated carbocycles. The maximum atomic E-state index is 12.8. The highest BCUT2D eigenvalue weighted by Crippen LogP contribution is 2.22. The number of benzene rings is 1. The summed E-state index contributed by atoms with van der Waals surface area (Å²) in [5.74, 6) is -0.578. The standard InChI is InChI=1S/C17H18FNO2S/c1-12(9-13-3-5-15(18)6-4-13)16(20)19-11-17(2,21)14-7-8-22-10-14/h3-10,21H,11H2,1-2H3,(H,19,20). The predicted octanol–water partition coefficient (Wildman–Crippen LogP) is 3.31. The van der Waals surface area contributed by atoms with Crippen LogP contribution in [0.4, 0.5) is 4.39 Å². The van der Waals surface area contributed by atoms with Crippen LogP contribution in [0.25, 0.3) is 6.08 Å². The van der Waals surface area contributed by atoms with Crippen molar-refractivity contribution in [1.82, 2.24) is 5.32 Å². The van der Waals surface area contributed by atoms with E-state index in [1.807, 2.05) is 16.8 Å². The third-order valence-corrected chi connectivity index (χ3v) is 4.03. The van der Waals surface area contributed by atoms with E-state index in [4.69, 9.17) is 0 Å². The number of aliphatic hydroxyl groups is 1. The Labute approximate surface area is 133 Å². The topological polar surface area (TPSA) is 49.3 Å². The highest BCUT2D eigenvalue weighted by Gasteiger charge is 2.24. The van der Waals surface area contributed by atoms with E-state index in [0.717, 1.165) is 11.1 Å². The molecule has 0 fully saturated rings. The van der Waals surface area contributed by atoms with Crippen molar-refractivity contribution in [3.05, 3.63) is 63.6 Å². The molecule has 3 nitrogen and oxygen atoms in total. The van der Waals surface area contributed by atoms with E-state index < -0.39 is 5.60 Å². The van der Waals surface area contributed by atoms with Gasteiger partial charge < -0.3 is 10.4 Å². The first-order valence-electron chi connectivity index (χ1n) is 6.85. The molecule has 1 atom stereocenters. The van der Waals surface area contributed by atoms with Gasteiger partial charge in [0.05, 0.1) is 6.54 Å². The Morgan fingerprint density at radius 2 is 2.05 bits per heavy atom. The molecular formula is C17H18FNO2S. The first-order chi connectivity index (χ1) is 10.4. The molecule has 1 unspecified atom stereocenters.